The molecule has 2 unspecified atom stereocenters. The zero-order chi connectivity index (χ0) is 37.0. The maximum atomic E-state index is 12.7. The first kappa shape index (κ1) is 36.6. The number of likely N-dealkylation sites (N-methyl/N-ethyl adjacent to an activating group) is 1. The number of hydrogen-bond donors (Lipinski definition) is 5. The molecule has 0 aliphatic carbocycles. The summed E-state index contributed by atoms with van der Waals surface area (Å²) in [7, 11) is 3.06. The van der Waals surface area contributed by atoms with Crippen LogP contribution in [0.3, 0.4) is 0 Å². The second-order valence-electron chi connectivity index (χ2n) is 12.8. The van der Waals surface area contributed by atoms with Crippen molar-refractivity contribution in [1.82, 2.24) is 40.8 Å². The number of ether oxygens (including phenoxy) is 1. The number of nitrogens with one attached hydrogen (secondary N) is 5. The van der Waals surface area contributed by atoms with Crippen molar-refractivity contribution in [3.63, 3.8) is 0 Å². The average Bonchev–Trinajstić information content (AvgIpc) is 3.99. The molecule has 3 aromatic carbocycles. The van der Waals surface area contributed by atoms with E-state index in [1.807, 2.05) is 85.1 Å². The minimum atomic E-state index is -0.633. The summed E-state index contributed by atoms with van der Waals surface area (Å²) in [6, 6.07) is 25.2. The molecule has 1 saturated heterocycles. The predicted molar refractivity (Wildman–Crippen MR) is 202 cm³/mol. The Morgan fingerprint density at radius 3 is 2.19 bits per heavy atom. The van der Waals surface area contributed by atoms with Gasteiger partial charge in [-0.05, 0) is 73.7 Å². The van der Waals surface area contributed by atoms with Gasteiger partial charge in [0.25, 0.3) is 0 Å². The number of benzene rings is 3. The first-order valence-electron chi connectivity index (χ1n) is 17.8. The molecule has 2 atom stereocenters. The van der Waals surface area contributed by atoms with Gasteiger partial charge in [-0.25, -0.2) is 14.8 Å². The Hall–Kier alpha value is -6.19. The fourth-order valence-corrected chi connectivity index (χ4v) is 6.40. The first-order chi connectivity index (χ1) is 25.9. The van der Waals surface area contributed by atoms with Crippen molar-refractivity contribution in [2.75, 3.05) is 33.8 Å². The van der Waals surface area contributed by atoms with E-state index in [0.29, 0.717) is 13.1 Å². The zero-order valence-electron chi connectivity index (χ0n) is 29.9. The van der Waals surface area contributed by atoms with E-state index < -0.39 is 6.09 Å². The van der Waals surface area contributed by atoms with Gasteiger partial charge < -0.3 is 35.6 Å². The molecule has 12 heteroatoms. The molecular formula is C41H44N8O4. The summed E-state index contributed by atoms with van der Waals surface area (Å²) in [6.45, 7) is 1.11. The van der Waals surface area contributed by atoms with Gasteiger partial charge in [0.05, 0.1) is 36.9 Å². The van der Waals surface area contributed by atoms with E-state index in [1.54, 1.807) is 18.1 Å². The van der Waals surface area contributed by atoms with E-state index in [1.165, 1.54) is 7.11 Å². The Bertz CT molecular complexity index is 2040. The van der Waals surface area contributed by atoms with Gasteiger partial charge in [-0.3, -0.25) is 9.59 Å². The highest BCUT2D eigenvalue weighted by atomic mass is 16.5. The Morgan fingerprint density at radius 1 is 0.868 bits per heavy atom. The van der Waals surface area contributed by atoms with Crippen LogP contribution in [0, 0.1) is 11.8 Å². The molecule has 53 heavy (non-hydrogen) atoms. The molecule has 272 valence electrons. The number of imidazole rings is 2. The Morgan fingerprint density at radius 2 is 1.53 bits per heavy atom. The van der Waals surface area contributed by atoms with Crippen LogP contribution in [-0.4, -0.2) is 76.5 Å². The van der Waals surface area contributed by atoms with Gasteiger partial charge >= 0.3 is 6.09 Å². The molecule has 3 heterocycles. The van der Waals surface area contributed by atoms with Crippen molar-refractivity contribution in [2.24, 2.45) is 0 Å². The average molecular weight is 713 g/mol. The third-order valence-corrected chi connectivity index (χ3v) is 9.25. The second-order valence-corrected chi connectivity index (χ2v) is 12.8. The molecular weight excluding hydrogens is 669 g/mol. The minimum absolute atomic E-state index is 0.0251. The van der Waals surface area contributed by atoms with Gasteiger partial charge in [0.2, 0.25) is 11.8 Å². The lowest BCUT2D eigenvalue weighted by Crippen LogP contribution is -2.40. The number of hydrogen-bond acceptors (Lipinski definition) is 7. The van der Waals surface area contributed by atoms with Gasteiger partial charge in [-0.15, -0.1) is 0 Å². The van der Waals surface area contributed by atoms with Crippen LogP contribution in [-0.2, 0) is 20.7 Å². The highest BCUT2D eigenvalue weighted by Gasteiger charge is 2.32. The lowest BCUT2D eigenvalue weighted by molar-refractivity contribution is -0.131. The van der Waals surface area contributed by atoms with Gasteiger partial charge in [0.15, 0.2) is 0 Å². The lowest BCUT2D eigenvalue weighted by Gasteiger charge is -2.23. The van der Waals surface area contributed by atoms with Crippen LogP contribution in [0.2, 0.25) is 0 Å². The Kier molecular flexibility index (Phi) is 12.3. The van der Waals surface area contributed by atoms with E-state index in [-0.39, 0.29) is 30.4 Å². The number of aromatic nitrogens is 4. The third-order valence-electron chi connectivity index (χ3n) is 9.25. The number of H-pyrrole nitrogens is 2. The summed E-state index contributed by atoms with van der Waals surface area (Å²) in [5.41, 5.74) is 6.55. The maximum Gasteiger partial charge on any atom is 0.407 e. The lowest BCUT2D eigenvalue weighted by atomic mass is 10.1. The second kappa shape index (κ2) is 17.8. The van der Waals surface area contributed by atoms with Crippen LogP contribution in [0.15, 0.2) is 91.3 Å². The molecule has 0 saturated carbocycles. The zero-order valence-corrected chi connectivity index (χ0v) is 29.9. The highest BCUT2D eigenvalue weighted by molar-refractivity contribution is 5.83. The fourth-order valence-electron chi connectivity index (χ4n) is 6.40. The van der Waals surface area contributed by atoms with Crippen LogP contribution >= 0.6 is 0 Å². The summed E-state index contributed by atoms with van der Waals surface area (Å²) in [4.78, 5) is 54.4. The van der Waals surface area contributed by atoms with E-state index in [9.17, 15) is 14.4 Å². The quantitative estimate of drug-likeness (QED) is 0.0821. The molecule has 1 aliphatic rings. The predicted octanol–water partition coefficient (Wildman–Crippen LogP) is 5.29. The van der Waals surface area contributed by atoms with Crippen molar-refractivity contribution in [3.8, 4) is 34.4 Å². The summed E-state index contributed by atoms with van der Waals surface area (Å²) < 4.78 is 4.57. The number of likely N-dealkylation sites (tertiary alicyclic amines) is 1. The molecule has 0 spiro atoms. The summed E-state index contributed by atoms with van der Waals surface area (Å²) >= 11 is 0. The molecule has 1 fully saturated rings. The van der Waals surface area contributed by atoms with Crippen LogP contribution in [0.1, 0.15) is 66.1 Å². The van der Waals surface area contributed by atoms with Gasteiger partial charge in [0.1, 0.15) is 24.2 Å². The molecule has 1 aliphatic heterocycles. The normalized spacial score (nSPS) is 14.2. The number of aromatic amines is 2. The van der Waals surface area contributed by atoms with Crippen molar-refractivity contribution < 1.29 is 19.1 Å². The number of aryl methyl sites for hydroxylation is 1. The molecule has 0 radical (unpaired) electrons. The third kappa shape index (κ3) is 9.58. The summed E-state index contributed by atoms with van der Waals surface area (Å²) in [5.74, 6) is 7.94. The molecule has 0 bridgehead atoms. The number of methoxy groups -OCH3 is 1. The number of carbonyl (C=O) groups is 3. The fraction of sp³-hybridized carbons (Fsp3) is 0.293. The van der Waals surface area contributed by atoms with Gasteiger partial charge in [-0.2, -0.15) is 0 Å². The van der Waals surface area contributed by atoms with Crippen molar-refractivity contribution >= 4 is 17.9 Å². The maximum absolute atomic E-state index is 12.7. The molecule has 5 aromatic rings. The van der Waals surface area contributed by atoms with Gasteiger partial charge in [0, 0.05) is 30.6 Å². The van der Waals surface area contributed by atoms with Crippen LogP contribution < -0.4 is 16.0 Å². The summed E-state index contributed by atoms with van der Waals surface area (Å²) in [6.07, 6.45) is 7.23. The van der Waals surface area contributed by atoms with E-state index >= 15 is 0 Å². The topological polar surface area (TPSA) is 157 Å². The number of nitrogens with zero attached hydrogens (tertiary/aromatic N) is 3. The molecule has 5 N–H and O–H groups in total. The van der Waals surface area contributed by atoms with Crippen molar-refractivity contribution in [1.29, 1.82) is 0 Å². The number of rotatable bonds is 13. The standard InChI is InChI=1S/C41H44N8O4/c1-42-38(32-9-4-3-5-10-32)40(51)43-23-7-6-12-36-44-25-33(47-36)30-19-15-28(16-20-30)13-14-29-17-21-31(22-18-29)34-26-45-39(48-34)35-11-8-24-49(35)37(50)27-46-41(52)53-2/h3-5,9-10,15-22,25-26,35,38,42H,6-8,11-12,23-24,27H2,1-2H3,(H,43,51)(H,44,47)(H,45,48)(H,46,52). The summed E-state index contributed by atoms with van der Waals surface area (Å²) in [5, 5.41) is 8.58. The van der Waals surface area contributed by atoms with Crippen LogP contribution in [0.5, 0.6) is 0 Å². The number of carbonyl (C=O) groups excluding carboxylic acids is 3. The van der Waals surface area contributed by atoms with Crippen molar-refractivity contribution in [3.05, 3.63) is 120 Å². The molecule has 3 amide bonds. The highest BCUT2D eigenvalue weighted by Crippen LogP contribution is 2.31. The minimum Gasteiger partial charge on any atom is -0.453 e. The Labute approximate surface area is 309 Å². The smallest absolute Gasteiger partial charge is 0.407 e. The first-order valence-corrected chi connectivity index (χ1v) is 17.8. The van der Waals surface area contributed by atoms with Gasteiger partial charge in [-0.1, -0.05) is 66.4 Å². The van der Waals surface area contributed by atoms with E-state index in [4.69, 9.17) is 0 Å². The van der Waals surface area contributed by atoms with E-state index in [2.05, 4.69) is 52.5 Å². The van der Waals surface area contributed by atoms with E-state index in [0.717, 1.165) is 83.0 Å². The Balaban J connectivity index is 0.964. The molecule has 12 nitrogen and oxygen atoms in total. The van der Waals surface area contributed by atoms with Crippen LogP contribution in [0.4, 0.5) is 4.79 Å². The largest absolute Gasteiger partial charge is 0.453 e. The molecule has 2 aromatic heterocycles. The number of amides is 3. The number of unbranched alkanes of at least 4 members (excludes halogenated alkanes) is 1. The monoisotopic (exact) mass is 712 g/mol. The van der Waals surface area contributed by atoms with Crippen molar-refractivity contribution in [2.45, 2.75) is 44.2 Å². The molecule has 6 rings (SSSR count). The van der Waals surface area contributed by atoms with Crippen LogP contribution in [0.25, 0.3) is 22.5 Å². The SMILES string of the molecule is CNC(C(=O)NCCCCc1ncc(-c2ccc(C#Cc3ccc(-c4cnc(C5CCCN5C(=O)CNC(=O)OC)[nH]4)cc3)cc2)[nH]1)c1ccccc1. The number of alkyl carbamates (subject to hydrolysis) is 1.